The first-order valence-electron chi connectivity index (χ1n) is 5.44. The van der Waals surface area contributed by atoms with Crippen molar-refractivity contribution in [1.82, 2.24) is 10.2 Å². The number of alkyl halides is 4. The zero-order chi connectivity index (χ0) is 12.3. The molecule has 1 N–H and O–H groups in total. The number of halogens is 4. The van der Waals surface area contributed by atoms with Crippen molar-refractivity contribution in [2.75, 3.05) is 20.1 Å². The first-order chi connectivity index (χ1) is 7.36. The van der Waals surface area contributed by atoms with Gasteiger partial charge in [-0.25, -0.2) is 8.78 Å². The maximum absolute atomic E-state index is 12.9. The number of hydrogen-bond acceptors (Lipinski definition) is 2. The molecule has 1 fully saturated rings. The highest BCUT2D eigenvalue weighted by Crippen LogP contribution is 2.27. The molecule has 0 spiro atoms. The number of hydrogen-bond donors (Lipinski definition) is 1. The maximum atomic E-state index is 12.9. The molecule has 0 aromatic rings. The molecule has 6 heteroatoms. The zero-order valence-corrected chi connectivity index (χ0v) is 9.52. The molecule has 0 aliphatic carbocycles. The summed E-state index contributed by atoms with van der Waals surface area (Å²) in [5.74, 6) is -3.90. The van der Waals surface area contributed by atoms with Gasteiger partial charge in [0, 0.05) is 18.6 Å². The van der Waals surface area contributed by atoms with Crippen LogP contribution in [0.5, 0.6) is 0 Å². The minimum atomic E-state index is -3.90. The van der Waals surface area contributed by atoms with E-state index in [-0.39, 0.29) is 6.04 Å². The fraction of sp³-hybridized carbons (Fsp3) is 1.00. The number of rotatable bonds is 4. The fourth-order valence-corrected chi connectivity index (χ4v) is 2.06. The van der Waals surface area contributed by atoms with Crippen LogP contribution in [0.2, 0.25) is 0 Å². The van der Waals surface area contributed by atoms with Gasteiger partial charge in [0.1, 0.15) is 0 Å². The Kier molecular flexibility index (Phi) is 4.55. The predicted molar refractivity (Wildman–Crippen MR) is 54.1 cm³/mol. The van der Waals surface area contributed by atoms with Crippen molar-refractivity contribution in [3.8, 4) is 0 Å². The van der Waals surface area contributed by atoms with Crippen LogP contribution in [0.25, 0.3) is 0 Å². The normalized spacial score (nSPS) is 28.7. The van der Waals surface area contributed by atoms with Gasteiger partial charge in [0.15, 0.2) is 0 Å². The quantitative estimate of drug-likeness (QED) is 0.758. The number of nitrogens with zero attached hydrogens (tertiary/aromatic N) is 1. The van der Waals surface area contributed by atoms with Gasteiger partial charge in [0.2, 0.25) is 0 Å². The summed E-state index contributed by atoms with van der Waals surface area (Å²) in [6.07, 6.45) is -2.14. The summed E-state index contributed by atoms with van der Waals surface area (Å²) in [5, 5.41) is 3.08. The van der Waals surface area contributed by atoms with E-state index < -0.39 is 18.9 Å². The van der Waals surface area contributed by atoms with Crippen LogP contribution in [0.3, 0.4) is 0 Å². The average Bonchev–Trinajstić information content (AvgIpc) is 2.20. The molecule has 1 saturated heterocycles. The lowest BCUT2D eigenvalue weighted by atomic mass is 9.98. The second-order valence-electron chi connectivity index (χ2n) is 4.39. The van der Waals surface area contributed by atoms with Crippen LogP contribution >= 0.6 is 0 Å². The van der Waals surface area contributed by atoms with Crippen LogP contribution in [-0.4, -0.2) is 49.5 Å². The highest BCUT2D eigenvalue weighted by Gasteiger charge is 2.43. The molecule has 96 valence electrons. The lowest BCUT2D eigenvalue weighted by molar-refractivity contribution is -0.148. The number of likely N-dealkylation sites (tertiary alicyclic amines) is 1. The standard InChI is InChI=1S/C10H18F4N2/c1-7-5-8(15-2)3-4-16(7)6-10(13,14)9(11)12/h7-9,15H,3-6H2,1-2H3. The topological polar surface area (TPSA) is 15.3 Å². The van der Waals surface area contributed by atoms with Gasteiger partial charge in [-0.15, -0.1) is 0 Å². The number of nitrogens with one attached hydrogen (secondary N) is 1. The summed E-state index contributed by atoms with van der Waals surface area (Å²) in [6.45, 7) is 1.39. The van der Waals surface area contributed by atoms with Crippen LogP contribution in [0.1, 0.15) is 19.8 Å². The highest BCUT2D eigenvalue weighted by molar-refractivity contribution is 4.85. The highest BCUT2D eigenvalue weighted by atomic mass is 19.3. The molecular formula is C10H18F4N2. The predicted octanol–water partition coefficient (Wildman–Crippen LogP) is 1.96. The van der Waals surface area contributed by atoms with E-state index >= 15 is 0 Å². The van der Waals surface area contributed by atoms with E-state index in [1.54, 1.807) is 6.92 Å². The Hall–Kier alpha value is -0.360. The largest absolute Gasteiger partial charge is 0.319 e. The van der Waals surface area contributed by atoms with E-state index in [9.17, 15) is 17.6 Å². The molecule has 0 bridgehead atoms. The first-order valence-corrected chi connectivity index (χ1v) is 5.44. The van der Waals surface area contributed by atoms with Crippen molar-refractivity contribution >= 4 is 0 Å². The number of piperidine rings is 1. The summed E-state index contributed by atoms with van der Waals surface area (Å²) in [7, 11) is 1.82. The van der Waals surface area contributed by atoms with Gasteiger partial charge >= 0.3 is 12.3 Å². The van der Waals surface area contributed by atoms with Gasteiger partial charge in [-0.2, -0.15) is 8.78 Å². The monoisotopic (exact) mass is 242 g/mol. The Balaban J connectivity index is 2.50. The molecule has 1 rings (SSSR count). The minimum absolute atomic E-state index is 0.0872. The first kappa shape index (κ1) is 13.7. The maximum Gasteiger partial charge on any atom is 0.319 e. The van der Waals surface area contributed by atoms with Crippen LogP contribution in [-0.2, 0) is 0 Å². The Morgan fingerprint density at radius 3 is 2.50 bits per heavy atom. The van der Waals surface area contributed by atoms with Gasteiger partial charge in [-0.05, 0) is 26.8 Å². The SMILES string of the molecule is CNC1CCN(CC(F)(F)C(F)F)C(C)C1. The molecule has 1 aliphatic rings. The lowest BCUT2D eigenvalue weighted by Crippen LogP contribution is -2.51. The Bertz CT molecular complexity index is 223. The van der Waals surface area contributed by atoms with Gasteiger partial charge < -0.3 is 5.32 Å². The van der Waals surface area contributed by atoms with Crippen LogP contribution in [0.15, 0.2) is 0 Å². The van der Waals surface area contributed by atoms with E-state index in [1.165, 1.54) is 4.90 Å². The second kappa shape index (κ2) is 5.31. The van der Waals surface area contributed by atoms with Gasteiger partial charge in [-0.3, -0.25) is 4.90 Å². The molecule has 0 aromatic carbocycles. The van der Waals surface area contributed by atoms with Crippen molar-refractivity contribution < 1.29 is 17.6 Å². The smallest absolute Gasteiger partial charge is 0.317 e. The zero-order valence-electron chi connectivity index (χ0n) is 9.52. The van der Waals surface area contributed by atoms with Gasteiger partial charge in [-0.1, -0.05) is 0 Å². The molecule has 2 nitrogen and oxygen atoms in total. The minimum Gasteiger partial charge on any atom is -0.317 e. The van der Waals surface area contributed by atoms with Crippen molar-refractivity contribution in [3.05, 3.63) is 0 Å². The lowest BCUT2D eigenvalue weighted by Gasteiger charge is -2.39. The van der Waals surface area contributed by atoms with Crippen LogP contribution < -0.4 is 5.32 Å². The van der Waals surface area contributed by atoms with E-state index in [0.717, 1.165) is 12.8 Å². The van der Waals surface area contributed by atoms with E-state index in [4.69, 9.17) is 0 Å². The third-order valence-electron chi connectivity index (χ3n) is 3.16. The molecule has 0 radical (unpaired) electrons. The second-order valence-corrected chi connectivity index (χ2v) is 4.39. The van der Waals surface area contributed by atoms with Crippen molar-refractivity contribution in [2.24, 2.45) is 0 Å². The molecule has 0 aromatic heterocycles. The Morgan fingerprint density at radius 2 is 2.06 bits per heavy atom. The summed E-state index contributed by atoms with van der Waals surface area (Å²) in [4.78, 5) is 1.44. The summed E-state index contributed by atoms with van der Waals surface area (Å²) in [5.41, 5.74) is 0. The van der Waals surface area contributed by atoms with Gasteiger partial charge in [0.05, 0.1) is 6.54 Å². The van der Waals surface area contributed by atoms with Gasteiger partial charge in [0.25, 0.3) is 0 Å². The third kappa shape index (κ3) is 3.31. The fourth-order valence-electron chi connectivity index (χ4n) is 2.06. The van der Waals surface area contributed by atoms with Crippen LogP contribution in [0.4, 0.5) is 17.6 Å². The molecule has 2 atom stereocenters. The van der Waals surface area contributed by atoms with Crippen molar-refractivity contribution in [1.29, 1.82) is 0 Å². The van der Waals surface area contributed by atoms with Crippen LogP contribution in [0, 0.1) is 0 Å². The van der Waals surface area contributed by atoms with E-state index in [2.05, 4.69) is 5.32 Å². The Labute approximate surface area is 93.0 Å². The molecule has 0 amide bonds. The molecule has 16 heavy (non-hydrogen) atoms. The van der Waals surface area contributed by atoms with E-state index in [1.807, 2.05) is 7.05 Å². The molecular weight excluding hydrogens is 224 g/mol. The Morgan fingerprint density at radius 1 is 1.44 bits per heavy atom. The summed E-state index contributed by atoms with van der Waals surface area (Å²) >= 11 is 0. The molecule has 1 aliphatic heterocycles. The molecule has 2 unspecified atom stereocenters. The van der Waals surface area contributed by atoms with Crippen molar-refractivity contribution in [2.45, 2.75) is 44.2 Å². The average molecular weight is 242 g/mol. The molecule has 1 heterocycles. The van der Waals surface area contributed by atoms with Crippen molar-refractivity contribution in [3.63, 3.8) is 0 Å². The third-order valence-corrected chi connectivity index (χ3v) is 3.16. The summed E-state index contributed by atoms with van der Waals surface area (Å²) < 4.78 is 49.8. The van der Waals surface area contributed by atoms with E-state index in [0.29, 0.717) is 12.6 Å². The molecule has 0 saturated carbocycles. The summed E-state index contributed by atoms with van der Waals surface area (Å²) in [6, 6.07) is 0.210.